The van der Waals surface area contributed by atoms with Crippen molar-refractivity contribution in [2.45, 2.75) is 83.7 Å². The highest BCUT2D eigenvalue weighted by atomic mass is 16.6. The zero-order valence-electron chi connectivity index (χ0n) is 11.4. The van der Waals surface area contributed by atoms with Crippen LogP contribution in [0.3, 0.4) is 0 Å². The zero-order chi connectivity index (χ0) is 12.3. The lowest BCUT2D eigenvalue weighted by Crippen LogP contribution is -1.98. The molecule has 1 fully saturated rings. The highest BCUT2D eigenvalue weighted by Crippen LogP contribution is 2.17. The number of rotatable bonds is 12. The van der Waals surface area contributed by atoms with Crippen LogP contribution >= 0.6 is 0 Å². The van der Waals surface area contributed by atoms with Gasteiger partial charge in [0.15, 0.2) is 0 Å². The van der Waals surface area contributed by atoms with Crippen molar-refractivity contribution in [2.75, 3.05) is 6.61 Å². The summed E-state index contributed by atoms with van der Waals surface area (Å²) in [5, 5.41) is 0. The fraction of sp³-hybridized carbons (Fsp3) is 0.933. The van der Waals surface area contributed by atoms with Crippen LogP contribution < -0.4 is 0 Å². The van der Waals surface area contributed by atoms with Crippen molar-refractivity contribution in [3.63, 3.8) is 0 Å². The van der Waals surface area contributed by atoms with Crippen LogP contribution in [-0.4, -0.2) is 18.5 Å². The van der Waals surface area contributed by atoms with Gasteiger partial charge in [-0.1, -0.05) is 45.4 Å². The second kappa shape index (κ2) is 9.64. The number of ketones is 1. The Morgan fingerprint density at radius 2 is 1.59 bits per heavy atom. The normalized spacial score (nSPS) is 18.3. The number of carbonyl (C=O) groups is 1. The lowest BCUT2D eigenvalue weighted by Gasteiger charge is -2.01. The lowest BCUT2D eigenvalue weighted by atomic mass is 10.0. The average Bonchev–Trinajstić information content (AvgIpc) is 3.12. The topological polar surface area (TPSA) is 29.6 Å². The summed E-state index contributed by atoms with van der Waals surface area (Å²) in [6, 6.07) is 0. The summed E-state index contributed by atoms with van der Waals surface area (Å²) >= 11 is 0. The predicted molar refractivity (Wildman–Crippen MR) is 71.2 cm³/mol. The van der Waals surface area contributed by atoms with E-state index in [1.165, 1.54) is 44.9 Å². The number of epoxide rings is 1. The number of Topliss-reactive ketones (excluding diaryl/α,β-unsaturated/α-hetero) is 1. The monoisotopic (exact) mass is 240 g/mol. The van der Waals surface area contributed by atoms with E-state index in [4.69, 9.17) is 4.74 Å². The van der Waals surface area contributed by atoms with E-state index in [0.29, 0.717) is 11.9 Å². The Morgan fingerprint density at radius 3 is 2.18 bits per heavy atom. The summed E-state index contributed by atoms with van der Waals surface area (Å²) in [7, 11) is 0. The summed E-state index contributed by atoms with van der Waals surface area (Å²) in [5.74, 6) is 0.476. The second-order valence-corrected chi connectivity index (χ2v) is 5.26. The van der Waals surface area contributed by atoms with Gasteiger partial charge in [-0.3, -0.25) is 4.79 Å². The van der Waals surface area contributed by atoms with E-state index in [9.17, 15) is 4.79 Å². The molecule has 0 N–H and O–H groups in total. The van der Waals surface area contributed by atoms with Crippen molar-refractivity contribution in [1.82, 2.24) is 0 Å². The molecule has 100 valence electrons. The van der Waals surface area contributed by atoms with Gasteiger partial charge < -0.3 is 4.74 Å². The first-order chi connectivity index (χ1) is 8.33. The van der Waals surface area contributed by atoms with E-state index in [0.717, 1.165) is 32.3 Å². The predicted octanol–water partition coefficient (Wildman–Crippen LogP) is 4.27. The highest BCUT2D eigenvalue weighted by molar-refractivity contribution is 5.78. The molecule has 1 aliphatic rings. The molecule has 0 spiro atoms. The lowest BCUT2D eigenvalue weighted by molar-refractivity contribution is -0.119. The van der Waals surface area contributed by atoms with Crippen LogP contribution in [0.4, 0.5) is 0 Å². The Hall–Kier alpha value is -0.370. The summed E-state index contributed by atoms with van der Waals surface area (Å²) < 4.78 is 5.15. The first-order valence-corrected chi connectivity index (χ1v) is 7.46. The van der Waals surface area contributed by atoms with Crippen molar-refractivity contribution in [3.05, 3.63) is 0 Å². The Kier molecular flexibility index (Phi) is 8.33. The fourth-order valence-electron chi connectivity index (χ4n) is 2.16. The van der Waals surface area contributed by atoms with Gasteiger partial charge in [-0.2, -0.15) is 0 Å². The first kappa shape index (κ1) is 14.7. The maximum Gasteiger partial charge on any atom is 0.132 e. The van der Waals surface area contributed by atoms with Crippen LogP contribution in [0.1, 0.15) is 77.6 Å². The number of carbonyl (C=O) groups excluding carboxylic acids is 1. The molecule has 0 aromatic heterocycles. The minimum atomic E-state index is 0.476. The van der Waals surface area contributed by atoms with E-state index in [2.05, 4.69) is 6.92 Å². The third kappa shape index (κ3) is 9.34. The molecular weight excluding hydrogens is 212 g/mol. The summed E-state index contributed by atoms with van der Waals surface area (Å²) in [6.45, 7) is 3.19. The van der Waals surface area contributed by atoms with E-state index in [1.54, 1.807) is 0 Å². The maximum atomic E-state index is 11.6. The molecule has 0 aliphatic carbocycles. The van der Waals surface area contributed by atoms with Crippen LogP contribution in [0.25, 0.3) is 0 Å². The first-order valence-electron chi connectivity index (χ1n) is 7.46. The van der Waals surface area contributed by atoms with E-state index >= 15 is 0 Å². The number of hydrogen-bond donors (Lipinski definition) is 0. The van der Waals surface area contributed by atoms with E-state index in [1.807, 2.05) is 0 Å². The van der Waals surface area contributed by atoms with Gasteiger partial charge in [0.25, 0.3) is 0 Å². The molecule has 1 unspecified atom stereocenters. The molecule has 0 saturated carbocycles. The van der Waals surface area contributed by atoms with Gasteiger partial charge in [0.2, 0.25) is 0 Å². The molecule has 1 heterocycles. The van der Waals surface area contributed by atoms with Gasteiger partial charge >= 0.3 is 0 Å². The molecule has 1 aliphatic heterocycles. The third-order valence-corrected chi connectivity index (χ3v) is 3.44. The van der Waals surface area contributed by atoms with Crippen LogP contribution in [0.15, 0.2) is 0 Å². The van der Waals surface area contributed by atoms with E-state index < -0.39 is 0 Å². The van der Waals surface area contributed by atoms with Crippen LogP contribution in [-0.2, 0) is 9.53 Å². The van der Waals surface area contributed by atoms with Crippen molar-refractivity contribution in [3.8, 4) is 0 Å². The van der Waals surface area contributed by atoms with Crippen LogP contribution in [0.2, 0.25) is 0 Å². The zero-order valence-corrected chi connectivity index (χ0v) is 11.4. The minimum absolute atomic E-state index is 0.476. The smallest absolute Gasteiger partial charge is 0.132 e. The van der Waals surface area contributed by atoms with Gasteiger partial charge in [0.05, 0.1) is 12.7 Å². The maximum absolute atomic E-state index is 11.6. The molecule has 0 radical (unpaired) electrons. The Balaban J connectivity index is 1.76. The van der Waals surface area contributed by atoms with Gasteiger partial charge in [0.1, 0.15) is 5.78 Å². The Bertz CT molecular complexity index is 197. The highest BCUT2D eigenvalue weighted by Gasteiger charge is 2.20. The standard InChI is InChI=1S/C15H28O2/c1-2-3-4-5-7-10-14(16)11-8-6-9-12-15-13-17-15/h15H,2-13H2,1H3. The fourth-order valence-corrected chi connectivity index (χ4v) is 2.16. The Labute approximate surface area is 106 Å². The van der Waals surface area contributed by atoms with Gasteiger partial charge in [-0.15, -0.1) is 0 Å². The third-order valence-electron chi connectivity index (χ3n) is 3.44. The summed E-state index contributed by atoms with van der Waals surface area (Å²) in [5.41, 5.74) is 0. The van der Waals surface area contributed by atoms with Crippen molar-refractivity contribution in [2.24, 2.45) is 0 Å². The van der Waals surface area contributed by atoms with Crippen molar-refractivity contribution in [1.29, 1.82) is 0 Å². The molecule has 2 heteroatoms. The molecule has 17 heavy (non-hydrogen) atoms. The van der Waals surface area contributed by atoms with Crippen LogP contribution in [0.5, 0.6) is 0 Å². The molecule has 1 rings (SSSR count). The van der Waals surface area contributed by atoms with Crippen LogP contribution in [0, 0.1) is 0 Å². The minimum Gasteiger partial charge on any atom is -0.373 e. The van der Waals surface area contributed by atoms with Gasteiger partial charge in [0, 0.05) is 12.8 Å². The van der Waals surface area contributed by atoms with Gasteiger partial charge in [-0.25, -0.2) is 0 Å². The quantitative estimate of drug-likeness (QED) is 0.377. The molecule has 0 aromatic carbocycles. The average molecular weight is 240 g/mol. The van der Waals surface area contributed by atoms with Crippen molar-refractivity contribution < 1.29 is 9.53 Å². The van der Waals surface area contributed by atoms with Gasteiger partial charge in [-0.05, 0) is 19.3 Å². The Morgan fingerprint density at radius 1 is 1.00 bits per heavy atom. The largest absolute Gasteiger partial charge is 0.373 e. The van der Waals surface area contributed by atoms with E-state index in [-0.39, 0.29) is 0 Å². The molecule has 0 bridgehead atoms. The molecule has 2 nitrogen and oxygen atoms in total. The molecule has 0 aromatic rings. The SMILES string of the molecule is CCCCCCCC(=O)CCCCCC1CO1. The number of ether oxygens (including phenoxy) is 1. The molecule has 1 atom stereocenters. The number of unbranched alkanes of at least 4 members (excludes halogenated alkanes) is 6. The molecular formula is C15H28O2. The molecule has 1 saturated heterocycles. The molecule has 0 amide bonds. The van der Waals surface area contributed by atoms with Crippen molar-refractivity contribution >= 4 is 5.78 Å². The summed E-state index contributed by atoms with van der Waals surface area (Å²) in [4.78, 5) is 11.6. The summed E-state index contributed by atoms with van der Waals surface area (Å²) in [6.07, 6.45) is 13.1. The number of hydrogen-bond acceptors (Lipinski definition) is 2. The second-order valence-electron chi connectivity index (χ2n) is 5.26.